The minimum absolute atomic E-state index is 0.0680. The second-order valence-electron chi connectivity index (χ2n) is 6.45. The highest BCUT2D eigenvalue weighted by Gasteiger charge is 2.32. The monoisotopic (exact) mass is 402 g/mol. The van der Waals surface area contributed by atoms with E-state index in [1.165, 1.54) is 4.31 Å². The zero-order chi connectivity index (χ0) is 19.0. The van der Waals surface area contributed by atoms with Crippen LogP contribution in [0.25, 0.3) is 11.0 Å². The molecule has 3 aromatic rings. The summed E-state index contributed by atoms with van der Waals surface area (Å²) in [7, 11) is -3.68. The van der Waals surface area contributed by atoms with Crippen LogP contribution in [0.2, 0.25) is 0 Å². The van der Waals surface area contributed by atoms with Crippen LogP contribution in [0.3, 0.4) is 0 Å². The van der Waals surface area contributed by atoms with E-state index in [9.17, 15) is 13.2 Å². The number of nitrogens with zero attached hydrogens (tertiary/aromatic N) is 4. The Bertz CT molecular complexity index is 1100. The van der Waals surface area contributed by atoms with Gasteiger partial charge in [0.05, 0.1) is 11.7 Å². The molecule has 1 aliphatic heterocycles. The summed E-state index contributed by atoms with van der Waals surface area (Å²) in [4.78, 5) is 14.5. The quantitative estimate of drug-likeness (QED) is 0.670. The molecule has 0 saturated carbocycles. The van der Waals surface area contributed by atoms with Gasteiger partial charge in [0.25, 0.3) is 5.91 Å². The number of aryl methyl sites for hydroxylation is 1. The number of carbonyl (C=O) groups is 1. The van der Waals surface area contributed by atoms with E-state index in [0.29, 0.717) is 29.7 Å². The maximum atomic E-state index is 13.0. The molecule has 9 heteroatoms. The van der Waals surface area contributed by atoms with Crippen LogP contribution in [-0.2, 0) is 10.0 Å². The molecule has 140 valence electrons. The molecule has 1 aromatic heterocycles. The molecule has 0 aliphatic carbocycles. The predicted octanol–water partition coefficient (Wildman–Crippen LogP) is 2.15. The van der Waals surface area contributed by atoms with Crippen molar-refractivity contribution in [2.24, 2.45) is 0 Å². The summed E-state index contributed by atoms with van der Waals surface area (Å²) < 4.78 is 35.8. The lowest BCUT2D eigenvalue weighted by molar-refractivity contribution is 0.0698. The third-order valence-electron chi connectivity index (χ3n) is 4.66. The van der Waals surface area contributed by atoms with Gasteiger partial charge in [-0.1, -0.05) is 23.8 Å². The van der Waals surface area contributed by atoms with Gasteiger partial charge < -0.3 is 4.90 Å². The summed E-state index contributed by atoms with van der Waals surface area (Å²) >= 11 is 0.997. The number of benzene rings is 2. The van der Waals surface area contributed by atoms with Gasteiger partial charge in [-0.15, -0.1) is 0 Å². The van der Waals surface area contributed by atoms with Crippen LogP contribution in [0.1, 0.15) is 15.9 Å². The Hall–Kier alpha value is -2.36. The van der Waals surface area contributed by atoms with Gasteiger partial charge in [0.15, 0.2) is 0 Å². The van der Waals surface area contributed by atoms with Gasteiger partial charge in [-0.25, -0.2) is 8.42 Å². The predicted molar refractivity (Wildman–Crippen MR) is 103 cm³/mol. The van der Waals surface area contributed by atoms with Crippen LogP contribution < -0.4 is 0 Å². The molecule has 27 heavy (non-hydrogen) atoms. The van der Waals surface area contributed by atoms with E-state index >= 15 is 0 Å². The molecule has 2 aromatic carbocycles. The molecule has 0 N–H and O–H groups in total. The molecule has 0 radical (unpaired) electrons. The smallest absolute Gasteiger partial charge is 0.253 e. The highest BCUT2D eigenvalue weighted by Crippen LogP contribution is 2.25. The van der Waals surface area contributed by atoms with Crippen LogP contribution in [-0.4, -0.2) is 58.5 Å². The van der Waals surface area contributed by atoms with Gasteiger partial charge in [0, 0.05) is 31.7 Å². The molecule has 1 aliphatic rings. The lowest BCUT2D eigenvalue weighted by Crippen LogP contribution is -2.50. The number of piperazine rings is 1. The van der Waals surface area contributed by atoms with Gasteiger partial charge in [-0.05, 0) is 31.2 Å². The fourth-order valence-corrected chi connectivity index (χ4v) is 5.40. The highest BCUT2D eigenvalue weighted by molar-refractivity contribution is 7.89. The summed E-state index contributed by atoms with van der Waals surface area (Å²) in [6.07, 6.45) is 0. The summed E-state index contributed by atoms with van der Waals surface area (Å²) in [5.74, 6) is -0.0680. The fourth-order valence-electron chi connectivity index (χ4n) is 3.22. The Morgan fingerprint density at radius 1 is 1.04 bits per heavy atom. The van der Waals surface area contributed by atoms with E-state index in [4.69, 9.17) is 0 Å². The summed E-state index contributed by atoms with van der Waals surface area (Å²) in [6, 6.07) is 12.4. The standard InChI is InChI=1S/C18H18N4O3S2/c1-13-4-2-5-14(12-13)18(23)21-8-10-22(11-9-21)27(24,25)16-7-3-6-15-17(16)20-26-19-15/h2-7,12H,8-11H2,1H3. The van der Waals surface area contributed by atoms with E-state index in [1.807, 2.05) is 25.1 Å². The molecule has 1 fully saturated rings. The molecular weight excluding hydrogens is 384 g/mol. The first kappa shape index (κ1) is 18.0. The molecule has 1 saturated heterocycles. The number of carbonyl (C=O) groups excluding carboxylic acids is 1. The van der Waals surface area contributed by atoms with Gasteiger partial charge in [0.1, 0.15) is 15.9 Å². The summed E-state index contributed by atoms with van der Waals surface area (Å²) in [6.45, 7) is 3.17. The van der Waals surface area contributed by atoms with Crippen molar-refractivity contribution >= 4 is 38.7 Å². The Kier molecular flexibility index (Phi) is 4.67. The topological polar surface area (TPSA) is 83.5 Å². The molecular formula is C18H18N4O3S2. The molecule has 0 atom stereocenters. The second kappa shape index (κ2) is 6.99. The number of sulfonamides is 1. The molecule has 4 rings (SSSR count). The van der Waals surface area contributed by atoms with Crippen molar-refractivity contribution in [3.05, 3.63) is 53.6 Å². The van der Waals surface area contributed by atoms with Crippen LogP contribution in [0.5, 0.6) is 0 Å². The van der Waals surface area contributed by atoms with Crippen LogP contribution in [0, 0.1) is 6.92 Å². The van der Waals surface area contributed by atoms with E-state index < -0.39 is 10.0 Å². The van der Waals surface area contributed by atoms with E-state index in [0.717, 1.165) is 17.3 Å². The fraction of sp³-hybridized carbons (Fsp3) is 0.278. The van der Waals surface area contributed by atoms with Crippen molar-refractivity contribution in [2.75, 3.05) is 26.2 Å². The minimum atomic E-state index is -3.68. The lowest BCUT2D eigenvalue weighted by atomic mass is 10.1. The van der Waals surface area contributed by atoms with Crippen molar-refractivity contribution in [1.82, 2.24) is 18.0 Å². The zero-order valence-corrected chi connectivity index (χ0v) is 16.3. The highest BCUT2D eigenvalue weighted by atomic mass is 32.2. The first-order valence-electron chi connectivity index (χ1n) is 8.54. The summed E-state index contributed by atoms with van der Waals surface area (Å²) in [5.41, 5.74) is 2.63. The van der Waals surface area contributed by atoms with Crippen molar-refractivity contribution < 1.29 is 13.2 Å². The molecule has 2 heterocycles. The van der Waals surface area contributed by atoms with Crippen molar-refractivity contribution in [3.8, 4) is 0 Å². The van der Waals surface area contributed by atoms with Gasteiger partial charge in [-0.2, -0.15) is 13.1 Å². The second-order valence-corrected chi connectivity index (χ2v) is 8.89. The Balaban J connectivity index is 1.52. The van der Waals surface area contributed by atoms with Crippen LogP contribution in [0.15, 0.2) is 47.4 Å². The maximum absolute atomic E-state index is 13.0. The van der Waals surface area contributed by atoms with Gasteiger partial charge in [0.2, 0.25) is 10.0 Å². The number of aromatic nitrogens is 2. The van der Waals surface area contributed by atoms with Crippen molar-refractivity contribution in [1.29, 1.82) is 0 Å². The van der Waals surface area contributed by atoms with E-state index in [1.54, 1.807) is 29.2 Å². The van der Waals surface area contributed by atoms with Gasteiger partial charge >= 0.3 is 0 Å². The molecule has 0 bridgehead atoms. The minimum Gasteiger partial charge on any atom is -0.336 e. The van der Waals surface area contributed by atoms with Gasteiger partial charge in [-0.3, -0.25) is 4.79 Å². The average molecular weight is 403 g/mol. The Morgan fingerprint density at radius 3 is 2.52 bits per heavy atom. The number of rotatable bonds is 3. The largest absolute Gasteiger partial charge is 0.336 e. The number of hydrogen-bond acceptors (Lipinski definition) is 6. The van der Waals surface area contributed by atoms with Crippen molar-refractivity contribution in [2.45, 2.75) is 11.8 Å². The lowest BCUT2D eigenvalue weighted by Gasteiger charge is -2.34. The number of amides is 1. The number of fused-ring (bicyclic) bond motifs is 1. The molecule has 1 amide bonds. The SMILES string of the molecule is Cc1cccc(C(=O)N2CCN(S(=O)(=O)c3cccc4nsnc34)CC2)c1. The van der Waals surface area contributed by atoms with Crippen molar-refractivity contribution in [3.63, 3.8) is 0 Å². The molecule has 0 unspecified atom stereocenters. The van der Waals surface area contributed by atoms with Crippen LogP contribution >= 0.6 is 11.7 Å². The Labute approximate surface area is 161 Å². The third-order valence-corrected chi connectivity index (χ3v) is 7.13. The maximum Gasteiger partial charge on any atom is 0.253 e. The Morgan fingerprint density at radius 2 is 1.78 bits per heavy atom. The first-order valence-corrected chi connectivity index (χ1v) is 10.7. The summed E-state index contributed by atoms with van der Waals surface area (Å²) in [5, 5.41) is 0. The average Bonchev–Trinajstić information content (AvgIpc) is 3.16. The van der Waals surface area contributed by atoms with E-state index in [2.05, 4.69) is 8.75 Å². The molecule has 0 spiro atoms. The van der Waals surface area contributed by atoms with E-state index in [-0.39, 0.29) is 23.9 Å². The zero-order valence-electron chi connectivity index (χ0n) is 14.7. The number of hydrogen-bond donors (Lipinski definition) is 0. The van der Waals surface area contributed by atoms with Crippen LogP contribution in [0.4, 0.5) is 0 Å². The molecule has 7 nitrogen and oxygen atoms in total. The third kappa shape index (κ3) is 3.33. The normalized spacial score (nSPS) is 16.0. The first-order chi connectivity index (χ1) is 13.0.